The van der Waals surface area contributed by atoms with Gasteiger partial charge in [0.2, 0.25) is 0 Å². The summed E-state index contributed by atoms with van der Waals surface area (Å²) in [6.45, 7) is 2.58. The fraction of sp³-hybridized carbons (Fsp3) is 0.900. The molecule has 4 heteroatoms. The molecule has 0 aromatic carbocycles. The van der Waals surface area contributed by atoms with Gasteiger partial charge in [-0.2, -0.15) is 0 Å². The predicted octanol–water partition coefficient (Wildman–Crippen LogP) is 0.600. The zero-order chi connectivity index (χ0) is 10.6. The van der Waals surface area contributed by atoms with Crippen LogP contribution >= 0.6 is 0 Å². The molecule has 0 saturated heterocycles. The standard InChI is InChI=1S/C10H19NO3/c1-7-3-2-4-9(7)11-6-8(12)5-10(13)14/h7-9,11-12H,2-6H2,1H3,(H,13,14). The summed E-state index contributed by atoms with van der Waals surface area (Å²) in [4.78, 5) is 10.3. The molecule has 0 aliphatic heterocycles. The van der Waals surface area contributed by atoms with E-state index >= 15 is 0 Å². The Bertz CT molecular complexity index is 196. The summed E-state index contributed by atoms with van der Waals surface area (Å²) in [6, 6.07) is 0.457. The van der Waals surface area contributed by atoms with Crippen molar-refractivity contribution in [2.24, 2.45) is 5.92 Å². The molecule has 0 aromatic rings. The molecule has 0 aromatic heterocycles. The van der Waals surface area contributed by atoms with E-state index in [-0.39, 0.29) is 6.42 Å². The highest BCUT2D eigenvalue weighted by Gasteiger charge is 2.23. The molecule has 82 valence electrons. The average Bonchev–Trinajstić information content (AvgIpc) is 2.46. The van der Waals surface area contributed by atoms with Crippen LogP contribution in [0.4, 0.5) is 0 Å². The zero-order valence-electron chi connectivity index (χ0n) is 8.57. The lowest BCUT2D eigenvalue weighted by Gasteiger charge is -2.19. The smallest absolute Gasteiger partial charge is 0.306 e. The number of aliphatic hydroxyl groups excluding tert-OH is 1. The first-order valence-corrected chi connectivity index (χ1v) is 5.23. The van der Waals surface area contributed by atoms with Gasteiger partial charge in [-0.05, 0) is 18.8 Å². The van der Waals surface area contributed by atoms with E-state index in [1.165, 1.54) is 12.8 Å². The lowest BCUT2D eigenvalue weighted by molar-refractivity contribution is -0.139. The first kappa shape index (κ1) is 11.5. The van der Waals surface area contributed by atoms with Gasteiger partial charge in [0.1, 0.15) is 0 Å². The van der Waals surface area contributed by atoms with Crippen LogP contribution in [0.2, 0.25) is 0 Å². The van der Waals surface area contributed by atoms with Gasteiger partial charge in [0.25, 0.3) is 0 Å². The largest absolute Gasteiger partial charge is 0.481 e. The van der Waals surface area contributed by atoms with Crippen LogP contribution in [-0.2, 0) is 4.79 Å². The lowest BCUT2D eigenvalue weighted by Crippen LogP contribution is -2.37. The van der Waals surface area contributed by atoms with Crippen molar-refractivity contribution in [3.63, 3.8) is 0 Å². The first-order chi connectivity index (χ1) is 6.59. The van der Waals surface area contributed by atoms with Crippen molar-refractivity contribution in [2.75, 3.05) is 6.54 Å². The van der Waals surface area contributed by atoms with Crippen LogP contribution in [0.3, 0.4) is 0 Å². The van der Waals surface area contributed by atoms with Gasteiger partial charge in [0.15, 0.2) is 0 Å². The molecule has 0 heterocycles. The second-order valence-corrected chi connectivity index (χ2v) is 4.17. The Hall–Kier alpha value is -0.610. The third kappa shape index (κ3) is 3.64. The summed E-state index contributed by atoms with van der Waals surface area (Å²) in [5, 5.41) is 21.0. The molecule has 0 spiro atoms. The summed E-state index contributed by atoms with van der Waals surface area (Å²) in [6.07, 6.45) is 2.66. The third-order valence-corrected chi connectivity index (χ3v) is 2.89. The maximum Gasteiger partial charge on any atom is 0.306 e. The molecular weight excluding hydrogens is 182 g/mol. The number of carbonyl (C=O) groups is 1. The molecule has 4 nitrogen and oxygen atoms in total. The first-order valence-electron chi connectivity index (χ1n) is 5.23. The Balaban J connectivity index is 2.16. The van der Waals surface area contributed by atoms with Crippen LogP contribution in [0.25, 0.3) is 0 Å². The van der Waals surface area contributed by atoms with Crippen molar-refractivity contribution in [3.8, 4) is 0 Å². The molecule has 1 rings (SSSR count). The van der Waals surface area contributed by atoms with E-state index in [1.807, 2.05) is 0 Å². The molecule has 1 aliphatic carbocycles. The fourth-order valence-corrected chi connectivity index (χ4v) is 2.01. The Kier molecular flexibility index (Phi) is 4.35. The molecule has 0 radical (unpaired) electrons. The monoisotopic (exact) mass is 201 g/mol. The van der Waals surface area contributed by atoms with E-state index in [2.05, 4.69) is 12.2 Å². The number of aliphatic hydroxyl groups is 1. The second kappa shape index (κ2) is 5.32. The van der Waals surface area contributed by atoms with Gasteiger partial charge in [0, 0.05) is 12.6 Å². The highest BCUT2D eigenvalue weighted by Crippen LogP contribution is 2.24. The molecule has 3 unspecified atom stereocenters. The average molecular weight is 201 g/mol. The highest BCUT2D eigenvalue weighted by molar-refractivity contribution is 5.67. The maximum absolute atomic E-state index is 10.3. The number of carboxylic acids is 1. The Morgan fingerprint density at radius 3 is 2.79 bits per heavy atom. The third-order valence-electron chi connectivity index (χ3n) is 2.89. The van der Waals surface area contributed by atoms with Crippen LogP contribution in [0, 0.1) is 5.92 Å². The van der Waals surface area contributed by atoms with Crippen molar-refractivity contribution in [1.29, 1.82) is 0 Å². The molecule has 1 aliphatic rings. The van der Waals surface area contributed by atoms with Crippen molar-refractivity contribution in [3.05, 3.63) is 0 Å². The minimum atomic E-state index is -0.946. The summed E-state index contributed by atoms with van der Waals surface area (Å²) in [5.41, 5.74) is 0. The van der Waals surface area contributed by atoms with E-state index in [9.17, 15) is 9.90 Å². The van der Waals surface area contributed by atoms with Gasteiger partial charge in [-0.25, -0.2) is 0 Å². The topological polar surface area (TPSA) is 69.6 Å². The minimum absolute atomic E-state index is 0.173. The summed E-state index contributed by atoms with van der Waals surface area (Å²) in [5.74, 6) is -0.300. The lowest BCUT2D eigenvalue weighted by atomic mass is 10.1. The van der Waals surface area contributed by atoms with Crippen LogP contribution in [-0.4, -0.2) is 34.9 Å². The maximum atomic E-state index is 10.3. The molecule has 1 saturated carbocycles. The Labute approximate surface area is 84.3 Å². The van der Waals surface area contributed by atoms with E-state index in [1.54, 1.807) is 0 Å². The number of rotatable bonds is 5. The summed E-state index contributed by atoms with van der Waals surface area (Å²) >= 11 is 0. The Morgan fingerprint density at radius 1 is 1.57 bits per heavy atom. The van der Waals surface area contributed by atoms with Crippen LogP contribution in [0.15, 0.2) is 0 Å². The van der Waals surface area contributed by atoms with Crippen molar-refractivity contribution >= 4 is 5.97 Å². The van der Waals surface area contributed by atoms with Gasteiger partial charge in [-0.15, -0.1) is 0 Å². The highest BCUT2D eigenvalue weighted by atomic mass is 16.4. The van der Waals surface area contributed by atoms with Gasteiger partial charge in [0.05, 0.1) is 12.5 Å². The van der Waals surface area contributed by atoms with E-state index < -0.39 is 12.1 Å². The SMILES string of the molecule is CC1CCCC1NCC(O)CC(=O)O. The molecule has 3 atom stereocenters. The van der Waals surface area contributed by atoms with Crippen LogP contribution < -0.4 is 5.32 Å². The molecule has 0 amide bonds. The quantitative estimate of drug-likeness (QED) is 0.609. The van der Waals surface area contributed by atoms with E-state index in [4.69, 9.17) is 5.11 Å². The Morgan fingerprint density at radius 2 is 2.29 bits per heavy atom. The summed E-state index contributed by atoms with van der Waals surface area (Å²) in [7, 11) is 0. The number of carboxylic acid groups (broad SMARTS) is 1. The number of aliphatic carboxylic acids is 1. The van der Waals surface area contributed by atoms with Crippen LogP contribution in [0.5, 0.6) is 0 Å². The molecule has 0 bridgehead atoms. The predicted molar refractivity (Wildman–Crippen MR) is 53.1 cm³/mol. The number of nitrogens with one attached hydrogen (secondary N) is 1. The molecule has 1 fully saturated rings. The van der Waals surface area contributed by atoms with Gasteiger partial charge >= 0.3 is 5.97 Å². The van der Waals surface area contributed by atoms with Crippen molar-refractivity contribution in [1.82, 2.24) is 5.32 Å². The molecular formula is C10H19NO3. The van der Waals surface area contributed by atoms with Gasteiger partial charge in [-0.1, -0.05) is 13.3 Å². The molecule has 14 heavy (non-hydrogen) atoms. The fourth-order valence-electron chi connectivity index (χ4n) is 2.01. The summed E-state index contributed by atoms with van der Waals surface area (Å²) < 4.78 is 0. The van der Waals surface area contributed by atoms with Crippen molar-refractivity contribution in [2.45, 2.75) is 44.8 Å². The zero-order valence-corrected chi connectivity index (χ0v) is 8.57. The molecule has 3 N–H and O–H groups in total. The number of hydrogen-bond donors (Lipinski definition) is 3. The normalized spacial score (nSPS) is 29.0. The van der Waals surface area contributed by atoms with E-state index in [0.29, 0.717) is 18.5 Å². The van der Waals surface area contributed by atoms with Gasteiger partial charge in [-0.3, -0.25) is 4.79 Å². The van der Waals surface area contributed by atoms with E-state index in [0.717, 1.165) is 6.42 Å². The second-order valence-electron chi connectivity index (χ2n) is 4.17. The minimum Gasteiger partial charge on any atom is -0.481 e. The number of hydrogen-bond acceptors (Lipinski definition) is 3. The van der Waals surface area contributed by atoms with Gasteiger partial charge < -0.3 is 15.5 Å². The van der Waals surface area contributed by atoms with Crippen molar-refractivity contribution < 1.29 is 15.0 Å². The van der Waals surface area contributed by atoms with Crippen LogP contribution in [0.1, 0.15) is 32.6 Å².